The fourth-order valence-corrected chi connectivity index (χ4v) is 1.67. The quantitative estimate of drug-likeness (QED) is 0.746. The number of benzene rings is 1. The lowest BCUT2D eigenvalue weighted by Crippen LogP contribution is -2.15. The van der Waals surface area contributed by atoms with E-state index in [1.54, 1.807) is 21.3 Å². The average molecular weight is 250 g/mol. The summed E-state index contributed by atoms with van der Waals surface area (Å²) in [6.07, 6.45) is 0.482. The monoisotopic (exact) mass is 250 g/mol. The predicted octanol–water partition coefficient (Wildman–Crippen LogP) is 1.72. The van der Waals surface area contributed by atoms with E-state index in [0.29, 0.717) is 36.8 Å². The summed E-state index contributed by atoms with van der Waals surface area (Å²) < 4.78 is 15.9. The van der Waals surface area contributed by atoms with Crippen molar-refractivity contribution in [1.82, 2.24) is 5.32 Å². The maximum Gasteiger partial charge on any atom is 0.203 e. The van der Waals surface area contributed by atoms with Crippen LogP contribution in [0.1, 0.15) is 12.0 Å². The van der Waals surface area contributed by atoms with E-state index in [2.05, 4.69) is 11.4 Å². The molecule has 0 saturated carbocycles. The fourth-order valence-electron chi connectivity index (χ4n) is 1.67. The molecule has 1 N–H and O–H groups in total. The average Bonchev–Trinajstić information content (AvgIpc) is 2.42. The van der Waals surface area contributed by atoms with Crippen molar-refractivity contribution in [3.05, 3.63) is 17.7 Å². The van der Waals surface area contributed by atoms with Gasteiger partial charge in [-0.15, -0.1) is 0 Å². The van der Waals surface area contributed by atoms with Gasteiger partial charge in [-0.1, -0.05) is 6.07 Å². The Morgan fingerprint density at radius 3 is 2.39 bits per heavy atom. The van der Waals surface area contributed by atoms with Gasteiger partial charge in [0, 0.05) is 25.1 Å². The fraction of sp³-hybridized carbons (Fsp3) is 0.462. The summed E-state index contributed by atoms with van der Waals surface area (Å²) in [7, 11) is 4.76. The van der Waals surface area contributed by atoms with Gasteiger partial charge in [-0.25, -0.2) is 0 Å². The molecule has 0 aliphatic rings. The van der Waals surface area contributed by atoms with Crippen molar-refractivity contribution in [3.63, 3.8) is 0 Å². The number of nitrogens with one attached hydrogen (secondary N) is 1. The number of methoxy groups -OCH3 is 3. The molecule has 98 valence electrons. The molecule has 0 radical (unpaired) electrons. The zero-order valence-electron chi connectivity index (χ0n) is 10.9. The van der Waals surface area contributed by atoms with Crippen LogP contribution in [-0.2, 0) is 6.54 Å². The van der Waals surface area contributed by atoms with Gasteiger partial charge >= 0.3 is 0 Å². The molecule has 0 unspecified atom stereocenters. The Hall–Kier alpha value is -1.93. The number of ether oxygens (including phenoxy) is 3. The van der Waals surface area contributed by atoms with Crippen molar-refractivity contribution in [2.75, 3.05) is 27.9 Å². The van der Waals surface area contributed by atoms with E-state index >= 15 is 0 Å². The Morgan fingerprint density at radius 2 is 1.83 bits per heavy atom. The first-order valence-electron chi connectivity index (χ1n) is 5.64. The summed E-state index contributed by atoms with van der Waals surface area (Å²) in [4.78, 5) is 0. The first-order chi connectivity index (χ1) is 8.78. The summed E-state index contributed by atoms with van der Waals surface area (Å²) in [5.41, 5.74) is 0.966. The first kappa shape index (κ1) is 14.1. The van der Waals surface area contributed by atoms with E-state index in [0.717, 1.165) is 5.56 Å². The topological polar surface area (TPSA) is 63.5 Å². The van der Waals surface area contributed by atoms with Gasteiger partial charge < -0.3 is 19.5 Å². The zero-order valence-corrected chi connectivity index (χ0v) is 10.9. The molecule has 0 heterocycles. The van der Waals surface area contributed by atoms with Crippen LogP contribution >= 0.6 is 0 Å². The van der Waals surface area contributed by atoms with E-state index < -0.39 is 0 Å². The van der Waals surface area contributed by atoms with Crippen LogP contribution in [0.5, 0.6) is 17.2 Å². The summed E-state index contributed by atoms with van der Waals surface area (Å²) in [5, 5.41) is 11.6. The Kier molecular flexibility index (Phi) is 5.81. The Balaban J connectivity index is 2.88. The van der Waals surface area contributed by atoms with Gasteiger partial charge in [-0.2, -0.15) is 5.26 Å². The van der Waals surface area contributed by atoms with Crippen molar-refractivity contribution in [1.29, 1.82) is 5.26 Å². The molecule has 0 atom stereocenters. The highest BCUT2D eigenvalue weighted by Crippen LogP contribution is 2.39. The largest absolute Gasteiger partial charge is 0.493 e. The third-order valence-corrected chi connectivity index (χ3v) is 2.51. The SMILES string of the molecule is COc1ccc(CNCCC#N)c(OC)c1OC. The number of nitrogens with zero attached hydrogens (tertiary/aromatic N) is 1. The van der Waals surface area contributed by atoms with E-state index in [9.17, 15) is 0 Å². The van der Waals surface area contributed by atoms with Gasteiger partial charge in [0.05, 0.1) is 27.4 Å². The highest BCUT2D eigenvalue weighted by Gasteiger charge is 2.15. The zero-order chi connectivity index (χ0) is 13.4. The van der Waals surface area contributed by atoms with Crippen LogP contribution in [0.15, 0.2) is 12.1 Å². The van der Waals surface area contributed by atoms with Gasteiger partial charge in [0.1, 0.15) is 0 Å². The lowest BCUT2D eigenvalue weighted by molar-refractivity contribution is 0.321. The molecule has 1 rings (SSSR count). The van der Waals surface area contributed by atoms with Gasteiger partial charge in [0.15, 0.2) is 11.5 Å². The molecule has 0 amide bonds. The molecule has 1 aromatic rings. The van der Waals surface area contributed by atoms with Gasteiger partial charge in [0.25, 0.3) is 0 Å². The maximum atomic E-state index is 8.46. The minimum atomic E-state index is 0.482. The predicted molar refractivity (Wildman–Crippen MR) is 68.0 cm³/mol. The summed E-state index contributed by atoms with van der Waals surface area (Å²) >= 11 is 0. The van der Waals surface area contributed by atoms with Crippen LogP contribution in [0, 0.1) is 11.3 Å². The molecular formula is C13H18N2O3. The summed E-state index contributed by atoms with van der Waals surface area (Å²) in [6, 6.07) is 5.84. The minimum Gasteiger partial charge on any atom is -0.493 e. The molecule has 0 aliphatic heterocycles. The normalized spacial score (nSPS) is 9.67. The molecule has 0 saturated heterocycles. The van der Waals surface area contributed by atoms with Gasteiger partial charge in [0.2, 0.25) is 5.75 Å². The Bertz CT molecular complexity index is 427. The van der Waals surface area contributed by atoms with Crippen molar-refractivity contribution >= 4 is 0 Å². The Labute approximate surface area is 107 Å². The van der Waals surface area contributed by atoms with Crippen LogP contribution in [-0.4, -0.2) is 27.9 Å². The second kappa shape index (κ2) is 7.41. The lowest BCUT2D eigenvalue weighted by Gasteiger charge is -2.15. The standard InChI is InChI=1S/C13H18N2O3/c1-16-11-6-5-10(9-15-8-4-7-14)12(17-2)13(11)18-3/h5-6,15H,4,8-9H2,1-3H3. The van der Waals surface area contributed by atoms with Crippen LogP contribution < -0.4 is 19.5 Å². The van der Waals surface area contributed by atoms with Gasteiger partial charge in [-0.3, -0.25) is 0 Å². The second-order valence-electron chi connectivity index (χ2n) is 3.58. The van der Waals surface area contributed by atoms with E-state index in [-0.39, 0.29) is 0 Å². The second-order valence-corrected chi connectivity index (χ2v) is 3.58. The van der Waals surface area contributed by atoms with Crippen molar-refractivity contribution in [2.24, 2.45) is 0 Å². The molecule has 1 aromatic carbocycles. The molecule has 0 bridgehead atoms. The van der Waals surface area contributed by atoms with E-state index in [1.807, 2.05) is 12.1 Å². The number of hydrogen-bond acceptors (Lipinski definition) is 5. The smallest absolute Gasteiger partial charge is 0.203 e. The molecule has 18 heavy (non-hydrogen) atoms. The molecule has 0 aromatic heterocycles. The molecular weight excluding hydrogens is 232 g/mol. The van der Waals surface area contributed by atoms with Crippen molar-refractivity contribution in [2.45, 2.75) is 13.0 Å². The number of nitriles is 1. The van der Waals surface area contributed by atoms with E-state index in [4.69, 9.17) is 19.5 Å². The molecule has 5 heteroatoms. The minimum absolute atomic E-state index is 0.482. The van der Waals surface area contributed by atoms with E-state index in [1.165, 1.54) is 0 Å². The first-order valence-corrected chi connectivity index (χ1v) is 5.64. The third-order valence-electron chi connectivity index (χ3n) is 2.51. The third kappa shape index (κ3) is 3.28. The van der Waals surface area contributed by atoms with Gasteiger partial charge in [-0.05, 0) is 6.07 Å². The molecule has 0 fully saturated rings. The van der Waals surface area contributed by atoms with Crippen LogP contribution in [0.3, 0.4) is 0 Å². The highest BCUT2D eigenvalue weighted by atomic mass is 16.5. The highest BCUT2D eigenvalue weighted by molar-refractivity contribution is 5.55. The van der Waals surface area contributed by atoms with Crippen LogP contribution in [0.4, 0.5) is 0 Å². The molecule has 0 aliphatic carbocycles. The lowest BCUT2D eigenvalue weighted by atomic mass is 10.1. The molecule has 5 nitrogen and oxygen atoms in total. The Morgan fingerprint density at radius 1 is 1.11 bits per heavy atom. The van der Waals surface area contributed by atoms with Crippen molar-refractivity contribution in [3.8, 4) is 23.3 Å². The molecule has 0 spiro atoms. The van der Waals surface area contributed by atoms with Crippen molar-refractivity contribution < 1.29 is 14.2 Å². The number of rotatable bonds is 7. The summed E-state index contributed by atoms with van der Waals surface area (Å²) in [5.74, 6) is 1.87. The van der Waals surface area contributed by atoms with Crippen LogP contribution in [0.25, 0.3) is 0 Å². The van der Waals surface area contributed by atoms with Crippen LogP contribution in [0.2, 0.25) is 0 Å². The maximum absolute atomic E-state index is 8.46. The number of hydrogen-bond donors (Lipinski definition) is 1. The summed E-state index contributed by atoms with van der Waals surface area (Å²) in [6.45, 7) is 1.26.